The minimum absolute atomic E-state index is 0.0695. The van der Waals surface area contributed by atoms with Crippen LogP contribution in [0.5, 0.6) is 0 Å². The normalized spacial score (nSPS) is 10.9. The van der Waals surface area contributed by atoms with Crippen LogP contribution >= 0.6 is 11.6 Å². The largest absolute Gasteiger partial charge is 0.477 e. The highest BCUT2D eigenvalue weighted by Gasteiger charge is 2.17. The summed E-state index contributed by atoms with van der Waals surface area (Å²) in [5.74, 6) is -0.919. The van der Waals surface area contributed by atoms with Crippen LogP contribution in [0.15, 0.2) is 36.4 Å². The van der Waals surface area contributed by atoms with Crippen LogP contribution in [0.25, 0.3) is 11.3 Å². The standard InChI is InChI=1S/C14H14ClNO2/c1-9(2)16-12(6-7-13(16)14(17)18)10-4-3-5-11(15)8-10/h3-9H,1-2H3,(H,17,18). The van der Waals surface area contributed by atoms with Gasteiger partial charge in [0.25, 0.3) is 0 Å². The number of carboxylic acid groups (broad SMARTS) is 1. The monoisotopic (exact) mass is 263 g/mol. The summed E-state index contributed by atoms with van der Waals surface area (Å²) in [6.07, 6.45) is 0. The first-order valence-corrected chi connectivity index (χ1v) is 6.09. The molecule has 2 rings (SSSR count). The molecule has 0 bridgehead atoms. The van der Waals surface area contributed by atoms with Crippen LogP contribution in [0.1, 0.15) is 30.4 Å². The van der Waals surface area contributed by atoms with Crippen molar-refractivity contribution in [2.24, 2.45) is 0 Å². The van der Waals surface area contributed by atoms with Gasteiger partial charge < -0.3 is 9.67 Å². The van der Waals surface area contributed by atoms with E-state index in [0.29, 0.717) is 10.7 Å². The maximum absolute atomic E-state index is 11.2. The molecule has 0 fully saturated rings. The average Bonchev–Trinajstić information content (AvgIpc) is 2.73. The average molecular weight is 264 g/mol. The van der Waals surface area contributed by atoms with Gasteiger partial charge in [0, 0.05) is 16.8 Å². The Hall–Kier alpha value is -1.74. The van der Waals surface area contributed by atoms with E-state index in [4.69, 9.17) is 11.6 Å². The van der Waals surface area contributed by atoms with Crippen molar-refractivity contribution in [1.82, 2.24) is 4.57 Å². The number of rotatable bonds is 3. The van der Waals surface area contributed by atoms with Crippen molar-refractivity contribution in [3.63, 3.8) is 0 Å². The lowest BCUT2D eigenvalue weighted by Crippen LogP contribution is -2.11. The van der Waals surface area contributed by atoms with Crippen molar-refractivity contribution in [2.45, 2.75) is 19.9 Å². The molecule has 0 spiro atoms. The highest BCUT2D eigenvalue weighted by atomic mass is 35.5. The fourth-order valence-electron chi connectivity index (χ4n) is 2.06. The molecule has 0 atom stereocenters. The van der Waals surface area contributed by atoms with Gasteiger partial charge in [-0.2, -0.15) is 0 Å². The third kappa shape index (κ3) is 2.27. The number of nitrogens with zero attached hydrogens (tertiary/aromatic N) is 1. The number of hydrogen-bond acceptors (Lipinski definition) is 1. The van der Waals surface area contributed by atoms with Crippen molar-refractivity contribution in [2.75, 3.05) is 0 Å². The summed E-state index contributed by atoms with van der Waals surface area (Å²) in [7, 11) is 0. The molecule has 2 aromatic rings. The predicted octanol–water partition coefficient (Wildman–Crippen LogP) is 4.09. The second-order valence-corrected chi connectivity index (χ2v) is 4.82. The molecule has 4 heteroatoms. The Labute approximate surface area is 111 Å². The molecule has 1 heterocycles. The van der Waals surface area contributed by atoms with Gasteiger partial charge in [0.15, 0.2) is 0 Å². The first-order valence-electron chi connectivity index (χ1n) is 5.71. The SMILES string of the molecule is CC(C)n1c(C(=O)O)ccc1-c1cccc(Cl)c1. The van der Waals surface area contributed by atoms with Crippen LogP contribution in [0.3, 0.4) is 0 Å². The fraction of sp³-hybridized carbons (Fsp3) is 0.214. The van der Waals surface area contributed by atoms with E-state index in [2.05, 4.69) is 0 Å². The van der Waals surface area contributed by atoms with Crippen molar-refractivity contribution in [1.29, 1.82) is 0 Å². The van der Waals surface area contributed by atoms with Crippen LogP contribution < -0.4 is 0 Å². The Balaban J connectivity index is 2.61. The molecule has 0 amide bonds. The van der Waals surface area contributed by atoms with E-state index in [9.17, 15) is 9.90 Å². The van der Waals surface area contributed by atoms with E-state index in [1.54, 1.807) is 16.7 Å². The quantitative estimate of drug-likeness (QED) is 0.906. The van der Waals surface area contributed by atoms with Gasteiger partial charge in [-0.05, 0) is 43.7 Å². The lowest BCUT2D eigenvalue weighted by Gasteiger charge is -2.15. The zero-order chi connectivity index (χ0) is 13.3. The predicted molar refractivity (Wildman–Crippen MR) is 72.2 cm³/mol. The maximum Gasteiger partial charge on any atom is 0.352 e. The van der Waals surface area contributed by atoms with Gasteiger partial charge in [-0.1, -0.05) is 23.7 Å². The summed E-state index contributed by atoms with van der Waals surface area (Å²) in [6, 6.07) is 10.9. The van der Waals surface area contributed by atoms with Gasteiger partial charge in [-0.25, -0.2) is 4.79 Å². The molecule has 94 valence electrons. The molecule has 1 aromatic heterocycles. The van der Waals surface area contributed by atoms with E-state index in [1.165, 1.54) is 0 Å². The summed E-state index contributed by atoms with van der Waals surface area (Å²) >= 11 is 5.97. The molecule has 18 heavy (non-hydrogen) atoms. The summed E-state index contributed by atoms with van der Waals surface area (Å²) in [5.41, 5.74) is 2.08. The molecule has 0 aliphatic carbocycles. The molecule has 0 aliphatic heterocycles. The van der Waals surface area contributed by atoms with Crippen LogP contribution in [0, 0.1) is 0 Å². The number of carboxylic acids is 1. The Bertz CT molecular complexity index is 587. The van der Waals surface area contributed by atoms with Crippen LogP contribution in [-0.4, -0.2) is 15.6 Å². The van der Waals surface area contributed by atoms with Gasteiger partial charge in [0.1, 0.15) is 5.69 Å². The van der Waals surface area contributed by atoms with Crippen LogP contribution in [0.4, 0.5) is 0 Å². The van der Waals surface area contributed by atoms with Crippen LogP contribution in [0.2, 0.25) is 5.02 Å². The Morgan fingerprint density at radius 2 is 2.00 bits per heavy atom. The number of aromatic carboxylic acids is 1. The highest BCUT2D eigenvalue weighted by Crippen LogP contribution is 2.28. The first kappa shape index (κ1) is 12.7. The maximum atomic E-state index is 11.2. The number of carbonyl (C=O) groups is 1. The van der Waals surface area contributed by atoms with Crippen molar-refractivity contribution in [3.8, 4) is 11.3 Å². The van der Waals surface area contributed by atoms with E-state index >= 15 is 0 Å². The number of aromatic nitrogens is 1. The summed E-state index contributed by atoms with van der Waals surface area (Å²) in [4.78, 5) is 11.2. The molecular formula is C14H14ClNO2. The smallest absolute Gasteiger partial charge is 0.352 e. The second-order valence-electron chi connectivity index (χ2n) is 4.38. The topological polar surface area (TPSA) is 42.2 Å². The van der Waals surface area contributed by atoms with E-state index in [0.717, 1.165) is 11.3 Å². The molecular weight excluding hydrogens is 250 g/mol. The zero-order valence-electron chi connectivity index (χ0n) is 10.2. The van der Waals surface area contributed by atoms with Crippen molar-refractivity contribution >= 4 is 17.6 Å². The van der Waals surface area contributed by atoms with E-state index < -0.39 is 5.97 Å². The molecule has 0 saturated carbocycles. The number of halogens is 1. The third-order valence-electron chi connectivity index (χ3n) is 2.77. The highest BCUT2D eigenvalue weighted by molar-refractivity contribution is 6.30. The van der Waals surface area contributed by atoms with Gasteiger partial charge in [0.2, 0.25) is 0 Å². The van der Waals surface area contributed by atoms with E-state index in [-0.39, 0.29) is 6.04 Å². The minimum Gasteiger partial charge on any atom is -0.477 e. The molecule has 1 N–H and O–H groups in total. The molecule has 0 aliphatic rings. The molecule has 1 aromatic carbocycles. The fourth-order valence-corrected chi connectivity index (χ4v) is 2.25. The minimum atomic E-state index is -0.919. The Morgan fingerprint density at radius 1 is 1.28 bits per heavy atom. The number of benzene rings is 1. The third-order valence-corrected chi connectivity index (χ3v) is 3.01. The Kier molecular flexibility index (Phi) is 3.43. The summed E-state index contributed by atoms with van der Waals surface area (Å²) in [5, 5.41) is 9.82. The Morgan fingerprint density at radius 3 is 2.56 bits per heavy atom. The molecule has 0 radical (unpaired) electrons. The molecule has 3 nitrogen and oxygen atoms in total. The summed E-state index contributed by atoms with van der Waals surface area (Å²) in [6.45, 7) is 3.92. The lowest BCUT2D eigenvalue weighted by atomic mass is 10.1. The van der Waals surface area contributed by atoms with Gasteiger partial charge >= 0.3 is 5.97 Å². The molecule has 0 saturated heterocycles. The lowest BCUT2D eigenvalue weighted by molar-refractivity contribution is 0.0683. The van der Waals surface area contributed by atoms with Crippen LogP contribution in [-0.2, 0) is 0 Å². The van der Waals surface area contributed by atoms with Crippen molar-refractivity contribution in [3.05, 3.63) is 47.1 Å². The first-order chi connectivity index (χ1) is 8.50. The van der Waals surface area contributed by atoms with Gasteiger partial charge in [-0.15, -0.1) is 0 Å². The van der Waals surface area contributed by atoms with Gasteiger partial charge in [-0.3, -0.25) is 0 Å². The second kappa shape index (κ2) is 4.86. The molecule has 0 unspecified atom stereocenters. The van der Waals surface area contributed by atoms with Gasteiger partial charge in [0.05, 0.1) is 0 Å². The van der Waals surface area contributed by atoms with E-state index in [1.807, 2.05) is 38.1 Å². The zero-order valence-corrected chi connectivity index (χ0v) is 11.0. The summed E-state index contributed by atoms with van der Waals surface area (Å²) < 4.78 is 1.80. The van der Waals surface area contributed by atoms with Crippen molar-refractivity contribution < 1.29 is 9.90 Å². The number of hydrogen-bond donors (Lipinski definition) is 1.